The molecule has 120 valence electrons. The second kappa shape index (κ2) is 7.27. The molecule has 1 aliphatic rings. The van der Waals surface area contributed by atoms with Crippen molar-refractivity contribution in [3.8, 4) is 0 Å². The largest absolute Gasteiger partial charge is 0.310 e. The smallest absolute Gasteiger partial charge is 0.242 e. The Morgan fingerprint density at radius 3 is 2.76 bits per heavy atom. The van der Waals surface area contributed by atoms with Crippen molar-refractivity contribution in [1.82, 2.24) is 15.1 Å². The van der Waals surface area contributed by atoms with Gasteiger partial charge in [-0.05, 0) is 31.2 Å². The molecule has 1 amide bonds. The van der Waals surface area contributed by atoms with E-state index in [1.165, 1.54) is 0 Å². The summed E-state index contributed by atoms with van der Waals surface area (Å²) in [5.74, 6) is 0.830. The Morgan fingerprint density at radius 2 is 2.19 bits per heavy atom. The summed E-state index contributed by atoms with van der Waals surface area (Å²) in [5.41, 5.74) is 1.22. The van der Waals surface area contributed by atoms with Crippen LogP contribution in [-0.2, 0) is 18.3 Å². The zero-order chi connectivity index (χ0) is 14.8. The van der Waals surface area contributed by atoms with Crippen LogP contribution in [0.2, 0.25) is 0 Å². The van der Waals surface area contributed by atoms with Crippen LogP contribution < -0.4 is 10.6 Å². The van der Waals surface area contributed by atoms with E-state index in [9.17, 15) is 4.79 Å². The predicted octanol–water partition coefficient (Wildman–Crippen LogP) is 2.51. The Morgan fingerprint density at radius 1 is 1.48 bits per heavy atom. The number of piperidine rings is 1. The van der Waals surface area contributed by atoms with E-state index in [1.54, 1.807) is 4.68 Å². The molecule has 1 saturated heterocycles. The number of aryl methyl sites for hydroxylation is 1. The molecule has 1 atom stereocenters. The molecular formula is C15H27ClN4O. The van der Waals surface area contributed by atoms with E-state index in [0.29, 0.717) is 0 Å². The molecule has 5 nitrogen and oxygen atoms in total. The highest BCUT2D eigenvalue weighted by atomic mass is 35.5. The minimum absolute atomic E-state index is 0. The maximum absolute atomic E-state index is 12.2. The first-order valence-corrected chi connectivity index (χ1v) is 7.42. The lowest BCUT2D eigenvalue weighted by Crippen LogP contribution is -2.43. The molecule has 0 aromatic carbocycles. The summed E-state index contributed by atoms with van der Waals surface area (Å²) in [6, 6.07) is 1.91. The van der Waals surface area contributed by atoms with E-state index < -0.39 is 0 Å². The molecule has 0 saturated carbocycles. The Hall–Kier alpha value is -1.07. The minimum Gasteiger partial charge on any atom is -0.310 e. The van der Waals surface area contributed by atoms with Crippen LogP contribution in [-0.4, -0.2) is 28.3 Å². The zero-order valence-corrected chi connectivity index (χ0v) is 14.2. The maximum Gasteiger partial charge on any atom is 0.242 e. The average Bonchev–Trinajstić information content (AvgIpc) is 2.68. The summed E-state index contributed by atoms with van der Waals surface area (Å²) in [6.07, 6.45) is 4.09. The monoisotopic (exact) mass is 314 g/mol. The highest BCUT2D eigenvalue weighted by molar-refractivity contribution is 5.94. The van der Waals surface area contributed by atoms with Crippen molar-refractivity contribution in [2.45, 2.75) is 52.5 Å². The van der Waals surface area contributed by atoms with Gasteiger partial charge in [-0.1, -0.05) is 27.2 Å². The molecule has 2 N–H and O–H groups in total. The highest BCUT2D eigenvalue weighted by Crippen LogP contribution is 2.21. The first-order chi connectivity index (χ1) is 9.35. The van der Waals surface area contributed by atoms with Gasteiger partial charge in [0.25, 0.3) is 0 Å². The van der Waals surface area contributed by atoms with E-state index in [-0.39, 0.29) is 29.8 Å². The average molecular weight is 315 g/mol. The number of halogens is 1. The summed E-state index contributed by atoms with van der Waals surface area (Å²) < 4.78 is 1.75. The second-order valence-corrected chi connectivity index (χ2v) is 6.87. The number of nitrogens with zero attached hydrogens (tertiary/aromatic N) is 2. The Labute approximate surface area is 133 Å². The van der Waals surface area contributed by atoms with Gasteiger partial charge in [0.2, 0.25) is 5.91 Å². The lowest BCUT2D eigenvalue weighted by molar-refractivity contribution is -0.118. The van der Waals surface area contributed by atoms with Crippen LogP contribution in [0, 0.1) is 5.41 Å². The highest BCUT2D eigenvalue weighted by Gasteiger charge is 2.22. The van der Waals surface area contributed by atoms with Crippen molar-refractivity contribution in [3.05, 3.63) is 11.8 Å². The van der Waals surface area contributed by atoms with Gasteiger partial charge in [0, 0.05) is 13.1 Å². The van der Waals surface area contributed by atoms with Gasteiger partial charge in [-0.3, -0.25) is 9.48 Å². The molecule has 1 aromatic heterocycles. The normalized spacial score (nSPS) is 19.0. The third kappa shape index (κ3) is 5.32. The van der Waals surface area contributed by atoms with Crippen molar-refractivity contribution in [3.63, 3.8) is 0 Å². The van der Waals surface area contributed by atoms with E-state index in [2.05, 4.69) is 36.5 Å². The molecule has 0 spiro atoms. The van der Waals surface area contributed by atoms with E-state index >= 15 is 0 Å². The second-order valence-electron chi connectivity index (χ2n) is 6.87. The lowest BCUT2D eigenvalue weighted by atomic mass is 9.91. The molecular weight excluding hydrogens is 288 g/mol. The summed E-state index contributed by atoms with van der Waals surface area (Å²) in [4.78, 5) is 12.2. The summed E-state index contributed by atoms with van der Waals surface area (Å²) >= 11 is 0. The molecule has 2 heterocycles. The fourth-order valence-electron chi connectivity index (χ4n) is 2.56. The zero-order valence-electron chi connectivity index (χ0n) is 13.4. The van der Waals surface area contributed by atoms with Crippen molar-refractivity contribution in [2.75, 3.05) is 11.9 Å². The summed E-state index contributed by atoms with van der Waals surface area (Å²) in [6.45, 7) is 7.49. The molecule has 1 aromatic rings. The number of hydrogen-bond acceptors (Lipinski definition) is 3. The number of anilines is 1. The van der Waals surface area contributed by atoms with Gasteiger partial charge in [-0.15, -0.1) is 12.4 Å². The predicted molar refractivity (Wildman–Crippen MR) is 87.9 cm³/mol. The standard InChI is InChI=1S/C15H26N4O.ClH/c1-15(2,3)10-11-9-13(19(4)18-11)17-14(20)12-7-5-6-8-16-12;/h9,12,16H,5-8,10H2,1-4H3,(H,17,20);1H. The molecule has 0 bridgehead atoms. The van der Waals surface area contributed by atoms with Gasteiger partial charge in [0.05, 0.1) is 11.7 Å². The first kappa shape index (κ1) is 18.0. The summed E-state index contributed by atoms with van der Waals surface area (Å²) in [7, 11) is 1.87. The third-order valence-electron chi connectivity index (χ3n) is 3.52. The van der Waals surface area contributed by atoms with Gasteiger partial charge in [0.1, 0.15) is 5.82 Å². The van der Waals surface area contributed by atoms with Gasteiger partial charge < -0.3 is 10.6 Å². The number of carbonyl (C=O) groups excluding carboxylic acids is 1. The molecule has 0 radical (unpaired) electrons. The molecule has 21 heavy (non-hydrogen) atoms. The SMILES string of the molecule is Cl.Cn1nc(CC(C)(C)C)cc1NC(=O)C1CCCCN1. The Balaban J connectivity index is 0.00000220. The van der Waals surface area contributed by atoms with E-state index in [1.807, 2.05) is 13.1 Å². The molecule has 1 aliphatic heterocycles. The lowest BCUT2D eigenvalue weighted by Gasteiger charge is -2.22. The van der Waals surface area contributed by atoms with Crippen LogP contribution in [0.15, 0.2) is 6.07 Å². The van der Waals surface area contributed by atoms with Crippen molar-refractivity contribution in [2.24, 2.45) is 12.5 Å². The van der Waals surface area contributed by atoms with E-state index in [0.717, 1.165) is 43.7 Å². The molecule has 6 heteroatoms. The van der Waals surface area contributed by atoms with Crippen LogP contribution in [0.1, 0.15) is 45.7 Å². The molecule has 1 fully saturated rings. The number of aromatic nitrogens is 2. The van der Waals surface area contributed by atoms with Gasteiger partial charge in [0.15, 0.2) is 0 Å². The van der Waals surface area contributed by atoms with Crippen LogP contribution in [0.25, 0.3) is 0 Å². The van der Waals surface area contributed by atoms with Gasteiger partial charge >= 0.3 is 0 Å². The van der Waals surface area contributed by atoms with Crippen LogP contribution in [0.4, 0.5) is 5.82 Å². The quantitative estimate of drug-likeness (QED) is 0.901. The number of rotatable bonds is 3. The van der Waals surface area contributed by atoms with Gasteiger partial charge in [-0.2, -0.15) is 5.10 Å². The van der Waals surface area contributed by atoms with Crippen molar-refractivity contribution >= 4 is 24.1 Å². The fourth-order valence-corrected chi connectivity index (χ4v) is 2.56. The van der Waals surface area contributed by atoms with E-state index in [4.69, 9.17) is 0 Å². The number of amides is 1. The van der Waals surface area contributed by atoms with Crippen molar-refractivity contribution in [1.29, 1.82) is 0 Å². The maximum atomic E-state index is 12.2. The number of hydrogen-bond donors (Lipinski definition) is 2. The Bertz CT molecular complexity index is 473. The number of nitrogens with one attached hydrogen (secondary N) is 2. The minimum atomic E-state index is -0.0651. The Kier molecular flexibility index (Phi) is 6.23. The van der Waals surface area contributed by atoms with Crippen LogP contribution >= 0.6 is 12.4 Å². The topological polar surface area (TPSA) is 59.0 Å². The number of carbonyl (C=O) groups is 1. The molecule has 2 rings (SSSR count). The van der Waals surface area contributed by atoms with Crippen LogP contribution in [0.3, 0.4) is 0 Å². The van der Waals surface area contributed by atoms with Gasteiger partial charge in [-0.25, -0.2) is 0 Å². The summed E-state index contributed by atoms with van der Waals surface area (Å²) in [5, 5.41) is 10.7. The molecule has 0 aliphatic carbocycles. The van der Waals surface area contributed by atoms with Crippen molar-refractivity contribution < 1.29 is 4.79 Å². The first-order valence-electron chi connectivity index (χ1n) is 7.42. The fraction of sp³-hybridized carbons (Fsp3) is 0.733. The molecule has 1 unspecified atom stereocenters. The third-order valence-corrected chi connectivity index (χ3v) is 3.52. The van der Waals surface area contributed by atoms with Crippen LogP contribution in [0.5, 0.6) is 0 Å².